The number of nitrogens with zero attached hydrogens (tertiary/aromatic N) is 2. The highest BCUT2D eigenvalue weighted by Crippen LogP contribution is 2.38. The zero-order valence-corrected chi connectivity index (χ0v) is 20.3. The minimum Gasteiger partial charge on any atom is -0.493 e. The van der Waals surface area contributed by atoms with Crippen molar-refractivity contribution < 1.29 is 28.5 Å². The van der Waals surface area contributed by atoms with Gasteiger partial charge in [-0.15, -0.1) is 0 Å². The number of hydrogen-bond acceptors (Lipinski definition) is 7. The molecule has 0 saturated heterocycles. The number of rotatable bonds is 7. The number of aromatic nitrogens is 1. The molecular weight excluding hydrogens is 500 g/mol. The van der Waals surface area contributed by atoms with Gasteiger partial charge in [0, 0.05) is 10.5 Å². The Balaban J connectivity index is 1.99. The van der Waals surface area contributed by atoms with Gasteiger partial charge in [-0.25, -0.2) is 0 Å². The van der Waals surface area contributed by atoms with Crippen molar-refractivity contribution in [2.75, 3.05) is 28.4 Å². The third-order valence-electron chi connectivity index (χ3n) is 4.47. The molecule has 1 heterocycles. The molecule has 3 aromatic rings. The van der Waals surface area contributed by atoms with E-state index in [1.165, 1.54) is 45.9 Å². The van der Waals surface area contributed by atoms with Crippen LogP contribution in [0.25, 0.3) is 16.3 Å². The van der Waals surface area contributed by atoms with Crippen molar-refractivity contribution >= 4 is 55.4 Å². The third kappa shape index (κ3) is 5.20. The first-order valence-corrected chi connectivity index (χ1v) is 10.9. The van der Waals surface area contributed by atoms with Crippen LogP contribution in [0.5, 0.6) is 17.2 Å². The van der Waals surface area contributed by atoms with E-state index in [1.54, 1.807) is 22.8 Å². The van der Waals surface area contributed by atoms with E-state index in [0.717, 1.165) is 14.7 Å². The molecule has 1 aromatic heterocycles. The summed E-state index contributed by atoms with van der Waals surface area (Å²) in [4.78, 5) is 29.1. The zero-order chi connectivity index (χ0) is 23.3. The second-order valence-corrected chi connectivity index (χ2v) is 8.33. The fraction of sp³-hybridized carbons (Fsp3) is 0.227. The lowest BCUT2D eigenvalue weighted by molar-refractivity contribution is -0.141. The number of hydrogen-bond donors (Lipinski definition) is 0. The van der Waals surface area contributed by atoms with E-state index in [9.17, 15) is 9.59 Å². The molecule has 0 atom stereocenters. The van der Waals surface area contributed by atoms with E-state index in [1.807, 2.05) is 18.2 Å². The van der Waals surface area contributed by atoms with E-state index < -0.39 is 11.9 Å². The smallest absolute Gasteiger partial charge is 0.325 e. The van der Waals surface area contributed by atoms with Crippen LogP contribution in [0.15, 0.2) is 45.9 Å². The van der Waals surface area contributed by atoms with Gasteiger partial charge in [0.1, 0.15) is 6.54 Å². The Labute approximate surface area is 196 Å². The number of esters is 1. The number of amides is 1. The fourth-order valence-electron chi connectivity index (χ4n) is 2.98. The van der Waals surface area contributed by atoms with Crippen molar-refractivity contribution in [1.82, 2.24) is 4.57 Å². The Morgan fingerprint density at radius 2 is 1.75 bits per heavy atom. The van der Waals surface area contributed by atoms with Crippen LogP contribution in [0.3, 0.4) is 0 Å². The molecule has 3 rings (SSSR count). The predicted octanol–water partition coefficient (Wildman–Crippen LogP) is 3.80. The van der Waals surface area contributed by atoms with Crippen LogP contribution >= 0.6 is 27.3 Å². The molecule has 0 saturated carbocycles. The molecule has 0 N–H and O–H groups in total. The monoisotopic (exact) mass is 520 g/mol. The van der Waals surface area contributed by atoms with Gasteiger partial charge in [-0.05, 0) is 42.0 Å². The SMILES string of the molecule is COC(=O)Cn1c(=NC(=O)C=Cc2cc(OC)c(OC)c(OC)c2)sc2cc(Br)ccc21. The minimum atomic E-state index is -0.483. The Hall–Kier alpha value is -3.11. The van der Waals surface area contributed by atoms with Gasteiger partial charge in [-0.3, -0.25) is 9.59 Å². The number of fused-ring (bicyclic) bond motifs is 1. The summed E-state index contributed by atoms with van der Waals surface area (Å²) in [5.41, 5.74) is 1.45. The molecule has 32 heavy (non-hydrogen) atoms. The number of methoxy groups -OCH3 is 4. The number of benzene rings is 2. The predicted molar refractivity (Wildman–Crippen MR) is 125 cm³/mol. The van der Waals surface area contributed by atoms with Crippen LogP contribution < -0.4 is 19.0 Å². The first-order valence-electron chi connectivity index (χ1n) is 9.32. The maximum absolute atomic E-state index is 12.6. The van der Waals surface area contributed by atoms with E-state index >= 15 is 0 Å². The molecular formula is C22H21BrN2O6S. The van der Waals surface area contributed by atoms with E-state index in [-0.39, 0.29) is 6.54 Å². The summed E-state index contributed by atoms with van der Waals surface area (Å²) >= 11 is 4.74. The highest BCUT2D eigenvalue weighted by atomic mass is 79.9. The molecule has 0 bridgehead atoms. The molecule has 0 fully saturated rings. The number of ether oxygens (including phenoxy) is 4. The lowest BCUT2D eigenvalue weighted by Gasteiger charge is -2.12. The largest absolute Gasteiger partial charge is 0.493 e. The summed E-state index contributed by atoms with van der Waals surface area (Å²) in [6.45, 7) is -0.0547. The van der Waals surface area contributed by atoms with Crippen LogP contribution in [-0.2, 0) is 20.9 Å². The molecule has 168 valence electrons. The van der Waals surface area contributed by atoms with Gasteiger partial charge in [0.15, 0.2) is 16.3 Å². The van der Waals surface area contributed by atoms with Crippen molar-refractivity contribution in [3.63, 3.8) is 0 Å². The number of thiazole rings is 1. The van der Waals surface area contributed by atoms with E-state index in [4.69, 9.17) is 18.9 Å². The Kier molecular flexibility index (Phi) is 7.70. The minimum absolute atomic E-state index is 0.0547. The van der Waals surface area contributed by atoms with Crippen molar-refractivity contribution in [2.24, 2.45) is 4.99 Å². The summed E-state index contributed by atoms with van der Waals surface area (Å²) in [7, 11) is 5.87. The van der Waals surface area contributed by atoms with Gasteiger partial charge < -0.3 is 23.5 Å². The van der Waals surface area contributed by atoms with Crippen molar-refractivity contribution in [2.45, 2.75) is 6.54 Å². The summed E-state index contributed by atoms with van der Waals surface area (Å²) in [6, 6.07) is 9.06. The molecule has 0 unspecified atom stereocenters. The zero-order valence-electron chi connectivity index (χ0n) is 17.9. The summed E-state index contributed by atoms with van der Waals surface area (Å²) in [5, 5.41) is 0. The van der Waals surface area contributed by atoms with Crippen LogP contribution in [0.4, 0.5) is 0 Å². The highest BCUT2D eigenvalue weighted by molar-refractivity contribution is 9.10. The van der Waals surface area contributed by atoms with Crippen molar-refractivity contribution in [3.8, 4) is 17.2 Å². The quantitative estimate of drug-likeness (QED) is 0.347. The Morgan fingerprint density at radius 1 is 1.06 bits per heavy atom. The van der Waals surface area contributed by atoms with Gasteiger partial charge in [0.05, 0.1) is 38.7 Å². The number of carbonyl (C=O) groups is 2. The number of halogens is 1. The fourth-order valence-corrected chi connectivity index (χ4v) is 4.56. The third-order valence-corrected chi connectivity index (χ3v) is 6.01. The lowest BCUT2D eigenvalue weighted by atomic mass is 10.1. The summed E-state index contributed by atoms with van der Waals surface area (Å²) in [5.74, 6) is 0.490. The van der Waals surface area contributed by atoms with Crippen LogP contribution in [0, 0.1) is 0 Å². The average molecular weight is 521 g/mol. The normalized spacial score (nSPS) is 11.7. The maximum Gasteiger partial charge on any atom is 0.325 e. The average Bonchev–Trinajstić information content (AvgIpc) is 3.12. The molecule has 0 radical (unpaired) electrons. The van der Waals surface area contributed by atoms with Gasteiger partial charge in [-0.1, -0.05) is 27.3 Å². The van der Waals surface area contributed by atoms with E-state index in [0.29, 0.717) is 27.6 Å². The van der Waals surface area contributed by atoms with Crippen LogP contribution in [0.2, 0.25) is 0 Å². The molecule has 2 aromatic carbocycles. The first kappa shape index (κ1) is 23.6. The molecule has 0 aliphatic carbocycles. The topological polar surface area (TPSA) is 88.4 Å². The maximum atomic E-state index is 12.6. The number of carbonyl (C=O) groups excluding carboxylic acids is 2. The molecule has 1 amide bonds. The molecule has 10 heteroatoms. The Morgan fingerprint density at radius 3 is 2.34 bits per heavy atom. The highest BCUT2D eigenvalue weighted by Gasteiger charge is 2.13. The molecule has 8 nitrogen and oxygen atoms in total. The molecule has 0 aliphatic rings. The van der Waals surface area contributed by atoms with Gasteiger partial charge in [0.2, 0.25) is 5.75 Å². The second kappa shape index (κ2) is 10.5. The van der Waals surface area contributed by atoms with E-state index in [2.05, 4.69) is 20.9 Å². The molecule has 0 spiro atoms. The van der Waals surface area contributed by atoms with Gasteiger partial charge in [0.25, 0.3) is 5.91 Å². The Bertz CT molecular complexity index is 1240. The van der Waals surface area contributed by atoms with Crippen LogP contribution in [-0.4, -0.2) is 44.9 Å². The van der Waals surface area contributed by atoms with Gasteiger partial charge >= 0.3 is 5.97 Å². The van der Waals surface area contributed by atoms with Crippen molar-refractivity contribution in [3.05, 3.63) is 51.2 Å². The standard InChI is InChI=1S/C22H21BrN2O6S/c1-28-16-9-13(10-17(29-2)21(16)31-4)5-8-19(26)24-22-25(12-20(27)30-3)15-7-6-14(23)11-18(15)32-22/h5-11H,12H2,1-4H3. The first-order chi connectivity index (χ1) is 15.4. The van der Waals surface area contributed by atoms with Crippen LogP contribution in [0.1, 0.15) is 5.56 Å². The summed E-state index contributed by atoms with van der Waals surface area (Å²) in [6.07, 6.45) is 2.94. The molecule has 0 aliphatic heterocycles. The lowest BCUT2D eigenvalue weighted by Crippen LogP contribution is -2.22. The second-order valence-electron chi connectivity index (χ2n) is 6.40. The summed E-state index contributed by atoms with van der Waals surface area (Å²) < 4.78 is 24.2. The van der Waals surface area contributed by atoms with Crippen molar-refractivity contribution in [1.29, 1.82) is 0 Å². The van der Waals surface area contributed by atoms with Gasteiger partial charge in [-0.2, -0.15) is 4.99 Å².